The third-order valence-corrected chi connectivity index (χ3v) is 3.42. The molecule has 120 valence electrons. The molecule has 23 heavy (non-hydrogen) atoms. The van der Waals surface area contributed by atoms with E-state index in [1.807, 2.05) is 0 Å². The van der Waals surface area contributed by atoms with Crippen molar-refractivity contribution >= 4 is 11.7 Å². The zero-order chi connectivity index (χ0) is 17.1. The maximum Gasteiger partial charge on any atom is 0.336 e. The molecule has 2 aromatic rings. The number of aromatic carboxylic acids is 1. The third-order valence-electron chi connectivity index (χ3n) is 3.42. The molecule has 0 saturated carbocycles. The highest BCUT2D eigenvalue weighted by Crippen LogP contribution is 2.39. The maximum absolute atomic E-state index is 11.5. The van der Waals surface area contributed by atoms with Gasteiger partial charge in [-0.2, -0.15) is 0 Å². The van der Waals surface area contributed by atoms with Crippen LogP contribution in [-0.4, -0.2) is 30.2 Å². The summed E-state index contributed by atoms with van der Waals surface area (Å²) < 4.78 is 10.6. The van der Waals surface area contributed by atoms with Gasteiger partial charge in [-0.3, -0.25) is 10.1 Å². The summed E-state index contributed by atoms with van der Waals surface area (Å²) in [5, 5.41) is 20.3. The lowest BCUT2D eigenvalue weighted by molar-refractivity contribution is -0.384. The molecule has 0 aliphatic rings. The summed E-state index contributed by atoms with van der Waals surface area (Å²) in [5.41, 5.74) is 1.12. The molecule has 7 nitrogen and oxygen atoms in total. The highest BCUT2D eigenvalue weighted by molar-refractivity contribution is 5.98. The minimum absolute atomic E-state index is 0.176. The van der Waals surface area contributed by atoms with Crippen LogP contribution in [0, 0.1) is 17.0 Å². The Balaban J connectivity index is 2.78. The monoisotopic (exact) mass is 317 g/mol. The highest BCUT2D eigenvalue weighted by atomic mass is 16.6. The van der Waals surface area contributed by atoms with E-state index in [-0.39, 0.29) is 11.3 Å². The number of benzene rings is 2. The van der Waals surface area contributed by atoms with Crippen LogP contribution < -0.4 is 9.47 Å². The van der Waals surface area contributed by atoms with Crippen molar-refractivity contribution in [2.75, 3.05) is 14.2 Å². The number of nitro benzene ring substituents is 1. The Morgan fingerprint density at radius 2 is 1.83 bits per heavy atom. The van der Waals surface area contributed by atoms with Gasteiger partial charge in [-0.05, 0) is 30.7 Å². The lowest BCUT2D eigenvalue weighted by atomic mass is 9.96. The number of nitro groups is 1. The summed E-state index contributed by atoms with van der Waals surface area (Å²) in [5.74, 6) is -0.235. The van der Waals surface area contributed by atoms with Gasteiger partial charge in [0, 0.05) is 23.3 Å². The predicted molar refractivity (Wildman–Crippen MR) is 83.3 cm³/mol. The van der Waals surface area contributed by atoms with E-state index in [9.17, 15) is 20.0 Å². The Hall–Kier alpha value is -3.09. The van der Waals surface area contributed by atoms with Crippen LogP contribution in [0.25, 0.3) is 11.1 Å². The average Bonchev–Trinajstić information content (AvgIpc) is 2.53. The van der Waals surface area contributed by atoms with Crippen molar-refractivity contribution in [3.05, 3.63) is 51.6 Å². The Kier molecular flexibility index (Phi) is 4.49. The first kappa shape index (κ1) is 16.3. The number of carboxylic acid groups (broad SMARTS) is 1. The van der Waals surface area contributed by atoms with E-state index in [1.165, 1.54) is 26.4 Å². The van der Waals surface area contributed by atoms with E-state index in [0.29, 0.717) is 22.6 Å². The zero-order valence-corrected chi connectivity index (χ0v) is 12.8. The molecule has 0 unspecified atom stereocenters. The summed E-state index contributed by atoms with van der Waals surface area (Å²) >= 11 is 0. The first-order valence-corrected chi connectivity index (χ1v) is 6.63. The smallest absolute Gasteiger partial charge is 0.336 e. The van der Waals surface area contributed by atoms with E-state index in [4.69, 9.17) is 9.47 Å². The Morgan fingerprint density at radius 1 is 1.13 bits per heavy atom. The van der Waals surface area contributed by atoms with Crippen molar-refractivity contribution in [2.24, 2.45) is 0 Å². The molecule has 0 saturated heterocycles. The lowest BCUT2D eigenvalue weighted by Gasteiger charge is -2.15. The number of non-ortho nitro benzene ring substituents is 1. The van der Waals surface area contributed by atoms with Crippen molar-refractivity contribution in [1.29, 1.82) is 0 Å². The van der Waals surface area contributed by atoms with E-state index < -0.39 is 10.9 Å². The maximum atomic E-state index is 11.5. The quantitative estimate of drug-likeness (QED) is 0.671. The Bertz CT molecular complexity index is 784. The second kappa shape index (κ2) is 6.35. The average molecular weight is 317 g/mol. The number of hydrogen-bond donors (Lipinski definition) is 1. The molecular formula is C16H15NO6. The second-order valence-corrected chi connectivity index (χ2v) is 4.82. The lowest BCUT2D eigenvalue weighted by Crippen LogP contribution is -2.03. The molecule has 0 spiro atoms. The van der Waals surface area contributed by atoms with E-state index in [1.54, 1.807) is 19.1 Å². The summed E-state index contributed by atoms with van der Waals surface area (Å²) in [6.45, 7) is 1.80. The molecule has 0 aliphatic heterocycles. The number of nitrogens with zero attached hydrogens (tertiary/aromatic N) is 1. The molecule has 0 amide bonds. The number of carbonyl (C=O) groups is 1. The molecule has 1 N–H and O–H groups in total. The van der Waals surface area contributed by atoms with E-state index in [2.05, 4.69) is 0 Å². The summed E-state index contributed by atoms with van der Waals surface area (Å²) in [7, 11) is 2.98. The van der Waals surface area contributed by atoms with Crippen LogP contribution in [0.15, 0.2) is 30.3 Å². The Morgan fingerprint density at radius 3 is 2.35 bits per heavy atom. The van der Waals surface area contributed by atoms with Gasteiger partial charge in [-0.25, -0.2) is 4.79 Å². The number of hydrogen-bond acceptors (Lipinski definition) is 5. The molecule has 0 atom stereocenters. The summed E-state index contributed by atoms with van der Waals surface area (Å²) in [6.07, 6.45) is 0. The largest absolute Gasteiger partial charge is 0.497 e. The zero-order valence-electron chi connectivity index (χ0n) is 12.8. The van der Waals surface area contributed by atoms with Crippen LogP contribution in [0.5, 0.6) is 11.5 Å². The van der Waals surface area contributed by atoms with Crippen molar-refractivity contribution in [2.45, 2.75) is 6.92 Å². The molecule has 0 aromatic heterocycles. The van der Waals surface area contributed by atoms with Crippen molar-refractivity contribution in [1.82, 2.24) is 0 Å². The predicted octanol–water partition coefficient (Wildman–Crippen LogP) is 3.29. The number of methoxy groups -OCH3 is 2. The van der Waals surface area contributed by atoms with Crippen LogP contribution in [0.1, 0.15) is 15.9 Å². The molecule has 7 heteroatoms. The van der Waals surface area contributed by atoms with Gasteiger partial charge >= 0.3 is 5.97 Å². The fraction of sp³-hybridized carbons (Fsp3) is 0.188. The van der Waals surface area contributed by atoms with Gasteiger partial charge in [0.15, 0.2) is 0 Å². The van der Waals surface area contributed by atoms with Gasteiger partial charge in [0.2, 0.25) is 0 Å². The minimum atomic E-state index is -1.26. The molecule has 0 radical (unpaired) electrons. The molecule has 2 aromatic carbocycles. The normalized spacial score (nSPS) is 10.2. The van der Waals surface area contributed by atoms with Crippen molar-refractivity contribution in [3.63, 3.8) is 0 Å². The summed E-state index contributed by atoms with van der Waals surface area (Å²) in [4.78, 5) is 21.7. The van der Waals surface area contributed by atoms with Gasteiger partial charge in [-0.1, -0.05) is 0 Å². The number of carboxylic acids is 1. The first-order valence-electron chi connectivity index (χ1n) is 6.63. The standard InChI is InChI=1S/C16H15NO6/c1-9-6-11(22-2)8-13(15(9)23-3)12-5-4-10(17(20)21)7-14(12)16(18)19/h4-8H,1-3H3,(H,18,19). The van der Waals surface area contributed by atoms with Gasteiger partial charge in [0.25, 0.3) is 5.69 Å². The molecule has 0 fully saturated rings. The summed E-state index contributed by atoms with van der Waals surface area (Å²) in [6, 6.07) is 7.09. The van der Waals surface area contributed by atoms with Crippen LogP contribution in [0.4, 0.5) is 5.69 Å². The molecule has 0 heterocycles. The number of aryl methyl sites for hydroxylation is 1. The Labute approximate surface area is 132 Å². The van der Waals surface area contributed by atoms with Gasteiger partial charge in [0.1, 0.15) is 11.5 Å². The topological polar surface area (TPSA) is 98.9 Å². The van der Waals surface area contributed by atoms with Crippen LogP contribution in [0.2, 0.25) is 0 Å². The van der Waals surface area contributed by atoms with Crippen LogP contribution in [0.3, 0.4) is 0 Å². The van der Waals surface area contributed by atoms with Gasteiger partial charge < -0.3 is 14.6 Å². The minimum Gasteiger partial charge on any atom is -0.497 e. The van der Waals surface area contributed by atoms with Gasteiger partial charge in [0.05, 0.1) is 24.7 Å². The fourth-order valence-corrected chi connectivity index (χ4v) is 2.39. The van der Waals surface area contributed by atoms with Crippen LogP contribution >= 0.6 is 0 Å². The van der Waals surface area contributed by atoms with Crippen molar-refractivity contribution in [3.8, 4) is 22.6 Å². The second-order valence-electron chi connectivity index (χ2n) is 4.82. The van der Waals surface area contributed by atoms with Gasteiger partial charge in [-0.15, -0.1) is 0 Å². The molecule has 0 bridgehead atoms. The number of rotatable bonds is 5. The fourth-order valence-electron chi connectivity index (χ4n) is 2.39. The molecule has 0 aliphatic carbocycles. The SMILES string of the molecule is COc1cc(C)c(OC)c(-c2ccc([N+](=O)[O-])cc2C(=O)O)c1. The molecular weight excluding hydrogens is 302 g/mol. The van der Waals surface area contributed by atoms with Crippen molar-refractivity contribution < 1.29 is 24.3 Å². The third kappa shape index (κ3) is 3.08. The van der Waals surface area contributed by atoms with Crippen LogP contribution in [-0.2, 0) is 0 Å². The first-order chi connectivity index (χ1) is 10.9. The molecule has 2 rings (SSSR count). The van der Waals surface area contributed by atoms with E-state index >= 15 is 0 Å². The number of ether oxygens (including phenoxy) is 2. The van der Waals surface area contributed by atoms with E-state index in [0.717, 1.165) is 11.6 Å². The highest BCUT2D eigenvalue weighted by Gasteiger charge is 2.21.